The number of aromatic nitrogens is 2. The molecule has 2 amide bonds. The van der Waals surface area contributed by atoms with Gasteiger partial charge in [0.15, 0.2) is 0 Å². The summed E-state index contributed by atoms with van der Waals surface area (Å²) in [6.07, 6.45) is 5.25. The highest BCUT2D eigenvalue weighted by Gasteiger charge is 2.30. The van der Waals surface area contributed by atoms with Crippen LogP contribution in [0.1, 0.15) is 59.6 Å². The third-order valence-electron chi connectivity index (χ3n) is 6.28. The summed E-state index contributed by atoms with van der Waals surface area (Å²) in [7, 11) is 0. The first-order chi connectivity index (χ1) is 15.5. The molecule has 1 aromatic heterocycles. The van der Waals surface area contributed by atoms with Crippen LogP contribution in [0.3, 0.4) is 0 Å². The Morgan fingerprint density at radius 3 is 2.50 bits per heavy atom. The molecule has 1 heterocycles. The summed E-state index contributed by atoms with van der Waals surface area (Å²) >= 11 is 0. The molecule has 7 nitrogen and oxygen atoms in total. The topological polar surface area (TPSA) is 96.3 Å². The Hall–Kier alpha value is -3.61. The van der Waals surface area contributed by atoms with Gasteiger partial charge in [0, 0.05) is 34.8 Å². The highest BCUT2D eigenvalue weighted by molar-refractivity contribution is 6.05. The minimum absolute atomic E-state index is 0.00000543. The van der Waals surface area contributed by atoms with Gasteiger partial charge in [-0.15, -0.1) is 0 Å². The van der Waals surface area contributed by atoms with Crippen LogP contribution in [-0.2, 0) is 0 Å². The Labute approximate surface area is 186 Å². The Kier molecular flexibility index (Phi) is 5.17. The average Bonchev–Trinajstić information content (AvgIpc) is 3.44. The average molecular weight is 431 g/mol. The summed E-state index contributed by atoms with van der Waals surface area (Å²) in [4.78, 5) is 25.3. The van der Waals surface area contributed by atoms with Gasteiger partial charge in [-0.3, -0.25) is 4.79 Å². The largest absolute Gasteiger partial charge is 0.507 e. The van der Waals surface area contributed by atoms with Crippen LogP contribution in [0.25, 0.3) is 11.3 Å². The fraction of sp³-hybridized carbons (Fsp3) is 0.320. The van der Waals surface area contributed by atoms with Gasteiger partial charge in [-0.1, -0.05) is 24.6 Å². The fourth-order valence-electron chi connectivity index (χ4n) is 4.00. The van der Waals surface area contributed by atoms with Crippen LogP contribution < -0.4 is 10.6 Å². The molecule has 2 fully saturated rings. The van der Waals surface area contributed by atoms with Crippen molar-refractivity contribution in [3.8, 4) is 17.0 Å². The number of amides is 2. The predicted molar refractivity (Wildman–Crippen MR) is 122 cm³/mol. The normalized spacial score (nSPS) is 15.8. The maximum atomic E-state index is 12.7. The highest BCUT2D eigenvalue weighted by atomic mass is 16.3. The Morgan fingerprint density at radius 2 is 1.84 bits per heavy atom. The van der Waals surface area contributed by atoms with Gasteiger partial charge < -0.3 is 15.7 Å². The van der Waals surface area contributed by atoms with E-state index in [2.05, 4.69) is 15.7 Å². The number of phenolic OH excluding ortho intramolecular Hbond substituents is 1. The standard InChI is InChI=1S/C25H26N4O3/c1-15-5-2-3-8-19(15)24(31)26-18-11-12-20(23(30)13-18)21-14-22(16-6-4-7-16)29(28-21)25(32)27-17-9-10-17/h2-3,5,8,11-14,16-17,30H,4,6-7,9-10H2,1H3,(H,26,31)(H,27,32). The van der Waals surface area contributed by atoms with Crippen molar-refractivity contribution in [3.63, 3.8) is 0 Å². The van der Waals surface area contributed by atoms with Gasteiger partial charge in [-0.05, 0) is 62.4 Å². The molecule has 0 bridgehead atoms. The molecule has 2 aliphatic rings. The Bertz CT molecular complexity index is 1190. The van der Waals surface area contributed by atoms with Crippen molar-refractivity contribution in [2.24, 2.45) is 0 Å². The SMILES string of the molecule is Cc1ccccc1C(=O)Nc1ccc(-c2cc(C3CCC3)n(C(=O)NC3CC3)n2)c(O)c1. The number of carbonyl (C=O) groups is 2. The zero-order valence-electron chi connectivity index (χ0n) is 18.0. The van der Waals surface area contributed by atoms with E-state index in [0.29, 0.717) is 28.4 Å². The number of hydrogen-bond acceptors (Lipinski definition) is 4. The number of nitrogens with zero attached hydrogens (tertiary/aromatic N) is 2. The number of phenols is 1. The Morgan fingerprint density at radius 1 is 1.06 bits per heavy atom. The van der Waals surface area contributed by atoms with Crippen molar-refractivity contribution in [1.29, 1.82) is 0 Å². The monoisotopic (exact) mass is 430 g/mol. The van der Waals surface area contributed by atoms with E-state index in [4.69, 9.17) is 0 Å². The molecule has 0 saturated heterocycles. The molecule has 7 heteroatoms. The molecule has 0 unspecified atom stereocenters. The van der Waals surface area contributed by atoms with Gasteiger partial charge in [0.2, 0.25) is 0 Å². The van der Waals surface area contributed by atoms with E-state index in [1.165, 1.54) is 10.7 Å². The second-order valence-corrected chi connectivity index (χ2v) is 8.72. The molecule has 0 aliphatic heterocycles. The van der Waals surface area contributed by atoms with Crippen LogP contribution in [-0.4, -0.2) is 32.9 Å². The van der Waals surface area contributed by atoms with Gasteiger partial charge in [-0.2, -0.15) is 9.78 Å². The van der Waals surface area contributed by atoms with Crippen LogP contribution in [0.2, 0.25) is 0 Å². The second kappa shape index (κ2) is 8.15. The lowest BCUT2D eigenvalue weighted by Gasteiger charge is -2.25. The zero-order valence-corrected chi connectivity index (χ0v) is 18.0. The lowest BCUT2D eigenvalue weighted by Crippen LogP contribution is -2.33. The fourth-order valence-corrected chi connectivity index (χ4v) is 4.00. The number of benzene rings is 2. The molecule has 2 saturated carbocycles. The number of aryl methyl sites for hydroxylation is 1. The van der Waals surface area contributed by atoms with Crippen molar-refractivity contribution in [1.82, 2.24) is 15.1 Å². The van der Waals surface area contributed by atoms with E-state index in [1.807, 2.05) is 31.2 Å². The minimum Gasteiger partial charge on any atom is -0.507 e. The smallest absolute Gasteiger partial charge is 0.342 e. The van der Waals surface area contributed by atoms with Crippen molar-refractivity contribution in [2.75, 3.05) is 5.32 Å². The van der Waals surface area contributed by atoms with E-state index in [0.717, 1.165) is 43.4 Å². The molecule has 0 spiro atoms. The number of nitrogens with one attached hydrogen (secondary N) is 2. The van der Waals surface area contributed by atoms with Crippen LogP contribution in [0.4, 0.5) is 10.5 Å². The van der Waals surface area contributed by atoms with Crippen molar-refractivity contribution in [3.05, 3.63) is 65.4 Å². The molecule has 32 heavy (non-hydrogen) atoms. The van der Waals surface area contributed by atoms with Crippen LogP contribution >= 0.6 is 0 Å². The summed E-state index contributed by atoms with van der Waals surface area (Å²) in [5.41, 5.74) is 3.92. The number of rotatable bonds is 5. The number of aromatic hydroxyl groups is 1. The molecule has 2 aliphatic carbocycles. The van der Waals surface area contributed by atoms with Gasteiger partial charge in [-0.25, -0.2) is 4.79 Å². The number of carbonyl (C=O) groups excluding carboxylic acids is 2. The molecule has 0 radical (unpaired) electrons. The summed E-state index contributed by atoms with van der Waals surface area (Å²) in [5.74, 6) is 0.0829. The van der Waals surface area contributed by atoms with Gasteiger partial charge in [0.1, 0.15) is 5.75 Å². The third kappa shape index (κ3) is 3.98. The number of anilines is 1. The molecule has 3 aromatic rings. The van der Waals surface area contributed by atoms with Crippen molar-refractivity contribution >= 4 is 17.6 Å². The second-order valence-electron chi connectivity index (χ2n) is 8.72. The van der Waals surface area contributed by atoms with E-state index in [1.54, 1.807) is 18.2 Å². The van der Waals surface area contributed by atoms with E-state index < -0.39 is 0 Å². The maximum absolute atomic E-state index is 12.7. The highest BCUT2D eigenvalue weighted by Crippen LogP contribution is 2.39. The van der Waals surface area contributed by atoms with E-state index in [-0.39, 0.29) is 23.7 Å². The van der Waals surface area contributed by atoms with E-state index in [9.17, 15) is 14.7 Å². The van der Waals surface area contributed by atoms with Crippen molar-refractivity contribution in [2.45, 2.75) is 51.0 Å². The van der Waals surface area contributed by atoms with Gasteiger partial charge in [0.25, 0.3) is 5.91 Å². The zero-order chi connectivity index (χ0) is 22.2. The first kappa shape index (κ1) is 20.3. The van der Waals surface area contributed by atoms with Gasteiger partial charge in [0.05, 0.1) is 11.4 Å². The van der Waals surface area contributed by atoms with Crippen LogP contribution in [0.15, 0.2) is 48.5 Å². The molecular formula is C25H26N4O3. The molecule has 3 N–H and O–H groups in total. The Balaban J connectivity index is 1.40. The molecule has 5 rings (SSSR count). The lowest BCUT2D eigenvalue weighted by atomic mass is 9.82. The van der Waals surface area contributed by atoms with Crippen LogP contribution in [0.5, 0.6) is 5.75 Å². The molecule has 2 aromatic carbocycles. The van der Waals surface area contributed by atoms with Crippen LogP contribution in [0, 0.1) is 6.92 Å². The van der Waals surface area contributed by atoms with Crippen molar-refractivity contribution < 1.29 is 14.7 Å². The summed E-state index contributed by atoms with van der Waals surface area (Å²) in [6.45, 7) is 1.88. The minimum atomic E-state index is -0.233. The lowest BCUT2D eigenvalue weighted by molar-refractivity contribution is 0.102. The van der Waals surface area contributed by atoms with Gasteiger partial charge >= 0.3 is 6.03 Å². The summed E-state index contributed by atoms with van der Waals surface area (Å²) < 4.78 is 1.46. The first-order valence-electron chi connectivity index (χ1n) is 11.1. The molecular weight excluding hydrogens is 404 g/mol. The summed E-state index contributed by atoms with van der Waals surface area (Å²) in [6, 6.07) is 14.2. The third-order valence-corrected chi connectivity index (χ3v) is 6.28. The maximum Gasteiger partial charge on any atom is 0.342 e. The predicted octanol–water partition coefficient (Wildman–Crippen LogP) is 4.80. The van der Waals surface area contributed by atoms with E-state index >= 15 is 0 Å². The quantitative estimate of drug-likeness (QED) is 0.541. The molecule has 164 valence electrons. The summed E-state index contributed by atoms with van der Waals surface area (Å²) in [5, 5.41) is 21.0. The molecule has 0 atom stereocenters. The first-order valence-corrected chi connectivity index (χ1v) is 11.1. The number of hydrogen-bond donors (Lipinski definition) is 3.